The molecule has 0 aromatic heterocycles. The average Bonchev–Trinajstić information content (AvgIpc) is 2.16. The number of rotatable bonds is 2. The third-order valence-corrected chi connectivity index (χ3v) is 2.26. The van der Waals surface area contributed by atoms with Gasteiger partial charge in [-0.3, -0.25) is 0 Å². The van der Waals surface area contributed by atoms with Crippen LogP contribution in [-0.2, 0) is 6.42 Å². The molecule has 0 nitrogen and oxygen atoms in total. The number of aryl methyl sites for hydroxylation is 1. The summed E-state index contributed by atoms with van der Waals surface area (Å²) in [5.74, 6) is 0. The molecule has 1 aromatic carbocycles. The Balaban J connectivity index is 3.13. The molecule has 1 aromatic rings. The van der Waals surface area contributed by atoms with Gasteiger partial charge in [0.2, 0.25) is 0 Å². The van der Waals surface area contributed by atoms with Crippen LogP contribution in [0.3, 0.4) is 0 Å². The molecular formula is C12H16. The molecule has 0 radical (unpaired) electrons. The van der Waals surface area contributed by atoms with Gasteiger partial charge in [-0.15, -0.1) is 0 Å². The molecule has 0 N–H and O–H groups in total. The van der Waals surface area contributed by atoms with Crippen LogP contribution in [0.25, 0.3) is 5.57 Å². The van der Waals surface area contributed by atoms with Crippen LogP contribution in [-0.4, -0.2) is 0 Å². The van der Waals surface area contributed by atoms with E-state index in [1.807, 2.05) is 0 Å². The van der Waals surface area contributed by atoms with E-state index < -0.39 is 0 Å². The molecule has 0 spiro atoms. The first-order chi connectivity index (χ1) is 5.79. The standard InChI is InChI=1S/C12H16/c1-4-10(3)12-9-7-6-8-11(12)5-2/h4,6-9H,5H2,1-3H3/b10-4+. The highest BCUT2D eigenvalue weighted by Crippen LogP contribution is 2.18. The summed E-state index contributed by atoms with van der Waals surface area (Å²) in [5, 5.41) is 0. The molecule has 0 fully saturated rings. The lowest BCUT2D eigenvalue weighted by Crippen LogP contribution is -1.88. The predicted molar refractivity (Wildman–Crippen MR) is 55.1 cm³/mol. The first-order valence-electron chi connectivity index (χ1n) is 4.50. The molecule has 0 saturated carbocycles. The van der Waals surface area contributed by atoms with E-state index in [-0.39, 0.29) is 0 Å². The van der Waals surface area contributed by atoms with Gasteiger partial charge >= 0.3 is 0 Å². The Labute approximate surface area is 74.9 Å². The zero-order chi connectivity index (χ0) is 8.97. The summed E-state index contributed by atoms with van der Waals surface area (Å²) in [6, 6.07) is 8.59. The Kier molecular flexibility index (Phi) is 3.09. The third kappa shape index (κ3) is 1.76. The van der Waals surface area contributed by atoms with Gasteiger partial charge in [-0.05, 0) is 37.0 Å². The Morgan fingerprint density at radius 3 is 2.58 bits per heavy atom. The van der Waals surface area contributed by atoms with Crippen molar-refractivity contribution < 1.29 is 0 Å². The highest BCUT2D eigenvalue weighted by molar-refractivity contribution is 5.66. The molecule has 0 unspecified atom stereocenters. The minimum Gasteiger partial charge on any atom is -0.0841 e. The van der Waals surface area contributed by atoms with E-state index >= 15 is 0 Å². The summed E-state index contributed by atoms with van der Waals surface area (Å²) in [5.41, 5.74) is 4.20. The molecule has 0 aliphatic rings. The van der Waals surface area contributed by atoms with E-state index in [2.05, 4.69) is 51.1 Å². The molecule has 0 aliphatic carbocycles. The minimum absolute atomic E-state index is 1.11. The lowest BCUT2D eigenvalue weighted by Gasteiger charge is -2.06. The van der Waals surface area contributed by atoms with Gasteiger partial charge < -0.3 is 0 Å². The number of hydrogen-bond donors (Lipinski definition) is 0. The summed E-state index contributed by atoms with van der Waals surface area (Å²) in [7, 11) is 0. The number of benzene rings is 1. The van der Waals surface area contributed by atoms with Crippen molar-refractivity contribution in [1.82, 2.24) is 0 Å². The van der Waals surface area contributed by atoms with Crippen molar-refractivity contribution in [3.63, 3.8) is 0 Å². The maximum atomic E-state index is 2.20. The molecule has 1 rings (SSSR count). The van der Waals surface area contributed by atoms with Crippen molar-refractivity contribution in [3.8, 4) is 0 Å². The normalized spacial score (nSPS) is 11.8. The Hall–Kier alpha value is -1.04. The van der Waals surface area contributed by atoms with Crippen molar-refractivity contribution >= 4 is 5.57 Å². The Morgan fingerprint density at radius 2 is 2.00 bits per heavy atom. The van der Waals surface area contributed by atoms with Crippen molar-refractivity contribution in [1.29, 1.82) is 0 Å². The fourth-order valence-electron chi connectivity index (χ4n) is 1.37. The molecule has 0 heterocycles. The number of allylic oxidation sites excluding steroid dienone is 2. The second-order valence-corrected chi connectivity index (χ2v) is 2.98. The van der Waals surface area contributed by atoms with E-state index in [9.17, 15) is 0 Å². The van der Waals surface area contributed by atoms with Crippen molar-refractivity contribution in [2.75, 3.05) is 0 Å². The summed E-state index contributed by atoms with van der Waals surface area (Å²) in [6.45, 7) is 6.44. The van der Waals surface area contributed by atoms with Crippen molar-refractivity contribution in [2.45, 2.75) is 27.2 Å². The van der Waals surface area contributed by atoms with Crippen LogP contribution in [0.2, 0.25) is 0 Å². The van der Waals surface area contributed by atoms with Gasteiger partial charge in [0.15, 0.2) is 0 Å². The average molecular weight is 160 g/mol. The molecule has 0 amide bonds. The monoisotopic (exact) mass is 160 g/mol. The van der Waals surface area contributed by atoms with Gasteiger partial charge in [-0.25, -0.2) is 0 Å². The molecule has 0 aliphatic heterocycles. The van der Waals surface area contributed by atoms with Crippen LogP contribution in [0, 0.1) is 0 Å². The molecule has 0 saturated heterocycles. The van der Waals surface area contributed by atoms with Gasteiger partial charge in [0, 0.05) is 0 Å². The molecule has 64 valence electrons. The minimum atomic E-state index is 1.11. The fourth-order valence-corrected chi connectivity index (χ4v) is 1.37. The second kappa shape index (κ2) is 4.10. The van der Waals surface area contributed by atoms with Gasteiger partial charge in [-0.2, -0.15) is 0 Å². The van der Waals surface area contributed by atoms with Gasteiger partial charge in [-0.1, -0.05) is 37.3 Å². The van der Waals surface area contributed by atoms with Crippen LogP contribution < -0.4 is 0 Å². The lowest BCUT2D eigenvalue weighted by atomic mass is 9.99. The first-order valence-corrected chi connectivity index (χ1v) is 4.50. The quantitative estimate of drug-likeness (QED) is 0.619. The highest BCUT2D eigenvalue weighted by atomic mass is 14.0. The maximum Gasteiger partial charge on any atom is -0.0199 e. The van der Waals surface area contributed by atoms with E-state index in [1.165, 1.54) is 16.7 Å². The SMILES string of the molecule is C/C=C(\C)c1ccccc1CC. The van der Waals surface area contributed by atoms with Gasteiger partial charge in [0.25, 0.3) is 0 Å². The summed E-state index contributed by atoms with van der Waals surface area (Å²) >= 11 is 0. The highest BCUT2D eigenvalue weighted by Gasteiger charge is 1.99. The predicted octanol–water partition coefficient (Wildman–Crippen LogP) is 3.67. The van der Waals surface area contributed by atoms with E-state index in [1.54, 1.807) is 0 Å². The molecule has 0 bridgehead atoms. The molecule has 0 atom stereocenters. The molecular weight excluding hydrogens is 144 g/mol. The van der Waals surface area contributed by atoms with Crippen LogP contribution in [0.15, 0.2) is 30.3 Å². The maximum absolute atomic E-state index is 2.20. The van der Waals surface area contributed by atoms with E-state index in [4.69, 9.17) is 0 Å². The first kappa shape index (κ1) is 9.05. The number of hydrogen-bond acceptors (Lipinski definition) is 0. The smallest absolute Gasteiger partial charge is 0.0199 e. The van der Waals surface area contributed by atoms with Crippen molar-refractivity contribution in [2.24, 2.45) is 0 Å². The molecule has 0 heteroatoms. The van der Waals surface area contributed by atoms with Crippen LogP contribution >= 0.6 is 0 Å². The summed E-state index contributed by atoms with van der Waals surface area (Å²) in [4.78, 5) is 0. The molecule has 12 heavy (non-hydrogen) atoms. The topological polar surface area (TPSA) is 0 Å². The van der Waals surface area contributed by atoms with Gasteiger partial charge in [0.1, 0.15) is 0 Å². The van der Waals surface area contributed by atoms with Crippen LogP contribution in [0.1, 0.15) is 31.9 Å². The Bertz CT molecular complexity index is 282. The van der Waals surface area contributed by atoms with Crippen molar-refractivity contribution in [3.05, 3.63) is 41.5 Å². The summed E-state index contributed by atoms with van der Waals surface area (Å²) in [6.07, 6.45) is 3.27. The summed E-state index contributed by atoms with van der Waals surface area (Å²) < 4.78 is 0. The fraction of sp³-hybridized carbons (Fsp3) is 0.333. The van der Waals surface area contributed by atoms with Gasteiger partial charge in [0.05, 0.1) is 0 Å². The van der Waals surface area contributed by atoms with E-state index in [0.29, 0.717) is 0 Å². The second-order valence-electron chi connectivity index (χ2n) is 2.98. The Morgan fingerprint density at radius 1 is 1.33 bits per heavy atom. The van der Waals surface area contributed by atoms with Crippen LogP contribution in [0.4, 0.5) is 0 Å². The van der Waals surface area contributed by atoms with E-state index in [0.717, 1.165) is 6.42 Å². The largest absolute Gasteiger partial charge is 0.0841 e. The third-order valence-electron chi connectivity index (χ3n) is 2.26. The van der Waals surface area contributed by atoms with Crippen LogP contribution in [0.5, 0.6) is 0 Å². The zero-order valence-electron chi connectivity index (χ0n) is 8.09. The zero-order valence-corrected chi connectivity index (χ0v) is 8.09. The lowest BCUT2D eigenvalue weighted by molar-refractivity contribution is 1.13.